The molecule has 0 radical (unpaired) electrons. The van der Waals surface area contributed by atoms with Crippen LogP contribution in [0.2, 0.25) is 0 Å². The van der Waals surface area contributed by atoms with Crippen molar-refractivity contribution in [3.63, 3.8) is 0 Å². The monoisotopic (exact) mass is 234 g/mol. The van der Waals surface area contributed by atoms with E-state index in [0.29, 0.717) is 12.5 Å². The van der Waals surface area contributed by atoms with Crippen LogP contribution in [-0.2, 0) is 11.2 Å². The molecule has 0 aliphatic rings. The normalized spacial score (nSPS) is 12.2. The Morgan fingerprint density at radius 2 is 1.88 bits per heavy atom. The predicted molar refractivity (Wildman–Crippen MR) is 72.2 cm³/mol. The molecule has 3 nitrogen and oxygen atoms in total. The Bertz CT molecular complexity index is 342. The van der Waals surface area contributed by atoms with Crippen molar-refractivity contribution in [3.05, 3.63) is 29.8 Å². The lowest BCUT2D eigenvalue weighted by Gasteiger charge is -2.14. The van der Waals surface area contributed by atoms with Gasteiger partial charge in [-0.05, 0) is 37.6 Å². The summed E-state index contributed by atoms with van der Waals surface area (Å²) in [4.78, 5) is 11.2. The largest absolute Gasteiger partial charge is 0.326 e. The second kappa shape index (κ2) is 7.07. The maximum Gasteiger partial charge on any atom is 0.224 e. The lowest BCUT2D eigenvalue weighted by Crippen LogP contribution is -2.26. The van der Waals surface area contributed by atoms with Gasteiger partial charge in [-0.25, -0.2) is 0 Å². The second-order valence-electron chi connectivity index (χ2n) is 4.20. The van der Waals surface area contributed by atoms with Gasteiger partial charge in [-0.1, -0.05) is 26.0 Å². The Kier molecular flexibility index (Phi) is 5.70. The molecule has 0 aliphatic carbocycles. The Morgan fingerprint density at radius 1 is 1.24 bits per heavy atom. The first-order chi connectivity index (χ1) is 8.19. The van der Waals surface area contributed by atoms with Gasteiger partial charge in [0.25, 0.3) is 0 Å². The number of carbonyl (C=O) groups is 1. The summed E-state index contributed by atoms with van der Waals surface area (Å²) in [5, 5.41) is 6.13. The fraction of sp³-hybridized carbons (Fsp3) is 0.500. The summed E-state index contributed by atoms with van der Waals surface area (Å²) in [7, 11) is 1.99. The highest BCUT2D eigenvalue weighted by Crippen LogP contribution is 2.12. The van der Waals surface area contributed by atoms with E-state index in [1.54, 1.807) is 0 Å². The van der Waals surface area contributed by atoms with Crippen LogP contribution in [0.4, 0.5) is 5.69 Å². The number of rotatable bonds is 6. The SMILES string of the molecule is CCC(=O)Nc1ccc(CC(CC)NC)cc1. The standard InChI is InChI=1S/C14H22N2O/c1-4-12(15-3)10-11-6-8-13(9-7-11)16-14(17)5-2/h6-9,12,15H,4-5,10H2,1-3H3,(H,16,17). The lowest BCUT2D eigenvalue weighted by atomic mass is 10.0. The van der Waals surface area contributed by atoms with Crippen molar-refractivity contribution in [3.8, 4) is 0 Å². The predicted octanol–water partition coefficient (Wildman–Crippen LogP) is 2.58. The molecule has 0 heterocycles. The van der Waals surface area contributed by atoms with Gasteiger partial charge in [-0.15, -0.1) is 0 Å². The van der Waals surface area contributed by atoms with Crippen LogP contribution in [0.25, 0.3) is 0 Å². The molecule has 1 aromatic carbocycles. The Morgan fingerprint density at radius 3 is 2.35 bits per heavy atom. The molecule has 2 N–H and O–H groups in total. The van der Waals surface area contributed by atoms with E-state index < -0.39 is 0 Å². The van der Waals surface area contributed by atoms with E-state index in [-0.39, 0.29) is 5.91 Å². The molecule has 1 atom stereocenters. The van der Waals surface area contributed by atoms with Crippen LogP contribution in [0.1, 0.15) is 32.3 Å². The van der Waals surface area contributed by atoms with Gasteiger partial charge in [0, 0.05) is 18.2 Å². The fourth-order valence-electron chi connectivity index (χ4n) is 1.71. The minimum absolute atomic E-state index is 0.0550. The molecule has 17 heavy (non-hydrogen) atoms. The van der Waals surface area contributed by atoms with Crippen LogP contribution in [-0.4, -0.2) is 19.0 Å². The van der Waals surface area contributed by atoms with E-state index in [4.69, 9.17) is 0 Å². The van der Waals surface area contributed by atoms with E-state index in [0.717, 1.165) is 18.5 Å². The highest BCUT2D eigenvalue weighted by Gasteiger charge is 2.04. The first kappa shape index (κ1) is 13.7. The number of hydrogen-bond acceptors (Lipinski definition) is 2. The van der Waals surface area contributed by atoms with Crippen LogP contribution >= 0.6 is 0 Å². The number of anilines is 1. The minimum Gasteiger partial charge on any atom is -0.326 e. The third-order valence-electron chi connectivity index (χ3n) is 2.94. The average molecular weight is 234 g/mol. The van der Waals surface area contributed by atoms with Gasteiger partial charge in [0.15, 0.2) is 0 Å². The molecule has 1 aromatic rings. The van der Waals surface area contributed by atoms with Gasteiger partial charge in [0.2, 0.25) is 5.91 Å². The molecule has 0 bridgehead atoms. The average Bonchev–Trinajstić information content (AvgIpc) is 2.37. The molecule has 94 valence electrons. The summed E-state index contributed by atoms with van der Waals surface area (Å²) in [6.45, 7) is 4.03. The van der Waals surface area contributed by atoms with Crippen LogP contribution in [0.15, 0.2) is 24.3 Å². The van der Waals surface area contributed by atoms with E-state index >= 15 is 0 Å². The van der Waals surface area contributed by atoms with Crippen LogP contribution in [0, 0.1) is 0 Å². The number of hydrogen-bond donors (Lipinski definition) is 2. The molecule has 0 fully saturated rings. The Hall–Kier alpha value is -1.35. The molecule has 1 amide bonds. The Balaban J connectivity index is 2.58. The van der Waals surface area contributed by atoms with Gasteiger partial charge in [-0.3, -0.25) is 4.79 Å². The molecule has 0 aromatic heterocycles. The van der Waals surface area contributed by atoms with Gasteiger partial charge < -0.3 is 10.6 Å². The molecular weight excluding hydrogens is 212 g/mol. The van der Waals surface area contributed by atoms with Crippen molar-refractivity contribution in [2.75, 3.05) is 12.4 Å². The van der Waals surface area contributed by atoms with E-state index in [1.807, 2.05) is 26.1 Å². The van der Waals surface area contributed by atoms with Gasteiger partial charge in [0.05, 0.1) is 0 Å². The molecule has 0 spiro atoms. The number of carbonyl (C=O) groups excluding carboxylic acids is 1. The minimum atomic E-state index is 0.0550. The number of likely N-dealkylation sites (N-methyl/N-ethyl adjacent to an activating group) is 1. The Labute approximate surface area is 104 Å². The van der Waals surface area contributed by atoms with E-state index in [9.17, 15) is 4.79 Å². The van der Waals surface area contributed by atoms with Crippen molar-refractivity contribution >= 4 is 11.6 Å². The lowest BCUT2D eigenvalue weighted by molar-refractivity contribution is -0.115. The molecule has 1 unspecified atom stereocenters. The third-order valence-corrected chi connectivity index (χ3v) is 2.94. The summed E-state index contributed by atoms with van der Waals surface area (Å²) in [5.41, 5.74) is 2.17. The van der Waals surface area contributed by atoms with E-state index in [1.165, 1.54) is 5.56 Å². The van der Waals surface area contributed by atoms with Gasteiger partial charge >= 0.3 is 0 Å². The van der Waals surface area contributed by atoms with Crippen LogP contribution < -0.4 is 10.6 Å². The number of nitrogens with one attached hydrogen (secondary N) is 2. The summed E-state index contributed by atoms with van der Waals surface area (Å²) < 4.78 is 0. The maximum absolute atomic E-state index is 11.2. The zero-order valence-corrected chi connectivity index (χ0v) is 10.9. The molecule has 1 rings (SSSR count). The zero-order chi connectivity index (χ0) is 12.7. The fourth-order valence-corrected chi connectivity index (χ4v) is 1.71. The summed E-state index contributed by atoms with van der Waals surface area (Å²) in [6, 6.07) is 8.60. The smallest absolute Gasteiger partial charge is 0.224 e. The number of amides is 1. The van der Waals surface area contributed by atoms with E-state index in [2.05, 4.69) is 29.7 Å². The summed E-state index contributed by atoms with van der Waals surface area (Å²) >= 11 is 0. The topological polar surface area (TPSA) is 41.1 Å². The molecule has 0 saturated heterocycles. The molecule has 0 aliphatic heterocycles. The summed E-state index contributed by atoms with van der Waals surface area (Å²) in [6.07, 6.45) is 2.65. The zero-order valence-electron chi connectivity index (χ0n) is 10.9. The highest BCUT2D eigenvalue weighted by molar-refractivity contribution is 5.90. The van der Waals surface area contributed by atoms with Crippen molar-refractivity contribution in [2.24, 2.45) is 0 Å². The first-order valence-electron chi connectivity index (χ1n) is 6.25. The number of benzene rings is 1. The van der Waals surface area contributed by atoms with Crippen molar-refractivity contribution < 1.29 is 4.79 Å². The van der Waals surface area contributed by atoms with Crippen molar-refractivity contribution in [2.45, 2.75) is 39.2 Å². The second-order valence-corrected chi connectivity index (χ2v) is 4.20. The van der Waals surface area contributed by atoms with Crippen molar-refractivity contribution in [1.82, 2.24) is 5.32 Å². The molecular formula is C14H22N2O. The highest BCUT2D eigenvalue weighted by atomic mass is 16.1. The maximum atomic E-state index is 11.2. The quantitative estimate of drug-likeness (QED) is 0.794. The third kappa shape index (κ3) is 4.57. The molecule has 3 heteroatoms. The molecule has 0 saturated carbocycles. The summed E-state index contributed by atoms with van der Waals surface area (Å²) in [5.74, 6) is 0.0550. The van der Waals surface area contributed by atoms with Gasteiger partial charge in [0.1, 0.15) is 0 Å². The van der Waals surface area contributed by atoms with Crippen molar-refractivity contribution in [1.29, 1.82) is 0 Å². The van der Waals surface area contributed by atoms with Gasteiger partial charge in [-0.2, -0.15) is 0 Å². The van der Waals surface area contributed by atoms with Crippen LogP contribution in [0.3, 0.4) is 0 Å². The van der Waals surface area contributed by atoms with Crippen LogP contribution in [0.5, 0.6) is 0 Å². The first-order valence-corrected chi connectivity index (χ1v) is 6.25.